The molecule has 0 aliphatic heterocycles. The zero-order chi connectivity index (χ0) is 12.3. The van der Waals surface area contributed by atoms with Crippen LogP contribution in [0.1, 0.15) is 5.56 Å². The number of benzene rings is 1. The summed E-state index contributed by atoms with van der Waals surface area (Å²) in [4.78, 5) is 0.0504. The lowest BCUT2D eigenvalue weighted by molar-refractivity contribution is 0.161. The van der Waals surface area contributed by atoms with E-state index in [1.54, 1.807) is 6.26 Å². The van der Waals surface area contributed by atoms with Crippen LogP contribution in [0.3, 0.4) is 0 Å². The van der Waals surface area contributed by atoms with Gasteiger partial charge in [-0.15, -0.1) is 11.8 Å². The monoisotopic (exact) mass is 265 g/mol. The van der Waals surface area contributed by atoms with Gasteiger partial charge in [0.25, 0.3) is 0 Å². The minimum atomic E-state index is -3.48. The van der Waals surface area contributed by atoms with E-state index in [1.807, 2.05) is 5.48 Å². The Labute approximate surface area is 97.7 Å². The molecule has 0 amide bonds. The second kappa shape index (κ2) is 5.13. The molecule has 1 aromatic carbocycles. The van der Waals surface area contributed by atoms with Gasteiger partial charge in [-0.2, -0.15) is 0 Å². The van der Waals surface area contributed by atoms with Gasteiger partial charge in [0.05, 0.1) is 9.79 Å². The first-order valence-electron chi connectivity index (χ1n) is 4.33. The maximum Gasteiger partial charge on any atom is 0.176 e. The van der Waals surface area contributed by atoms with Crippen molar-refractivity contribution in [1.29, 1.82) is 0 Å². The minimum absolute atomic E-state index is 0.00585. The highest BCUT2D eigenvalue weighted by atomic mass is 32.2. The second-order valence-corrected chi connectivity index (χ2v) is 6.02. The molecule has 0 radical (unpaired) electrons. The molecule has 0 saturated carbocycles. The van der Waals surface area contributed by atoms with Gasteiger partial charge < -0.3 is 5.21 Å². The number of rotatable bonds is 4. The molecule has 0 atom stereocenters. The van der Waals surface area contributed by atoms with Gasteiger partial charge in [0.2, 0.25) is 0 Å². The van der Waals surface area contributed by atoms with Crippen LogP contribution in [-0.2, 0) is 16.4 Å². The number of sulfone groups is 1. The number of halogens is 1. The quantitative estimate of drug-likeness (QED) is 0.637. The molecule has 0 aliphatic carbocycles. The molecule has 0 aliphatic rings. The van der Waals surface area contributed by atoms with Crippen LogP contribution in [0.2, 0.25) is 0 Å². The summed E-state index contributed by atoms with van der Waals surface area (Å²) in [6.45, 7) is -0.00585. The Kier molecular flexibility index (Phi) is 4.31. The molecule has 4 nitrogen and oxygen atoms in total. The molecule has 0 saturated heterocycles. The summed E-state index contributed by atoms with van der Waals surface area (Å²) >= 11 is 1.04. The molecule has 0 fully saturated rings. The highest BCUT2D eigenvalue weighted by Crippen LogP contribution is 2.29. The predicted molar refractivity (Wildman–Crippen MR) is 59.9 cm³/mol. The SMILES string of the molecule is CSc1c(F)cc(CNO)cc1S(C)(=O)=O. The maximum atomic E-state index is 13.6. The Morgan fingerprint density at radius 3 is 2.56 bits per heavy atom. The average Bonchev–Trinajstić information content (AvgIpc) is 2.16. The Hall–Kier alpha value is -0.630. The highest BCUT2D eigenvalue weighted by molar-refractivity contribution is 7.99. The fraction of sp³-hybridized carbons (Fsp3) is 0.333. The zero-order valence-corrected chi connectivity index (χ0v) is 10.5. The van der Waals surface area contributed by atoms with Crippen LogP contribution in [0.5, 0.6) is 0 Å². The lowest BCUT2D eigenvalue weighted by Gasteiger charge is -2.09. The molecule has 0 bridgehead atoms. The number of thioether (sulfide) groups is 1. The number of hydrogen-bond donors (Lipinski definition) is 2. The van der Waals surface area contributed by atoms with Crippen LogP contribution in [0.4, 0.5) is 4.39 Å². The second-order valence-electron chi connectivity index (χ2n) is 3.22. The third kappa shape index (κ3) is 2.94. The van der Waals surface area contributed by atoms with Crippen molar-refractivity contribution in [2.24, 2.45) is 0 Å². The Morgan fingerprint density at radius 2 is 2.12 bits per heavy atom. The van der Waals surface area contributed by atoms with Crippen molar-refractivity contribution in [2.45, 2.75) is 16.3 Å². The van der Waals surface area contributed by atoms with Gasteiger partial charge in [-0.25, -0.2) is 18.3 Å². The van der Waals surface area contributed by atoms with E-state index in [-0.39, 0.29) is 16.3 Å². The van der Waals surface area contributed by atoms with Crippen LogP contribution in [0, 0.1) is 5.82 Å². The summed E-state index contributed by atoms with van der Waals surface area (Å²) in [6.07, 6.45) is 2.63. The van der Waals surface area contributed by atoms with Gasteiger partial charge in [0, 0.05) is 12.8 Å². The lowest BCUT2D eigenvalue weighted by atomic mass is 10.2. The van der Waals surface area contributed by atoms with Crippen molar-refractivity contribution >= 4 is 21.6 Å². The van der Waals surface area contributed by atoms with Crippen molar-refractivity contribution in [3.63, 3.8) is 0 Å². The predicted octanol–water partition coefficient (Wildman–Crippen LogP) is 1.43. The van der Waals surface area contributed by atoms with Gasteiger partial charge >= 0.3 is 0 Å². The largest absolute Gasteiger partial charge is 0.316 e. The first-order chi connectivity index (χ1) is 7.40. The van der Waals surface area contributed by atoms with Crippen LogP contribution in [0.25, 0.3) is 0 Å². The van der Waals surface area contributed by atoms with Crippen LogP contribution < -0.4 is 5.48 Å². The van der Waals surface area contributed by atoms with E-state index in [4.69, 9.17) is 5.21 Å². The highest BCUT2D eigenvalue weighted by Gasteiger charge is 2.18. The normalized spacial score (nSPS) is 11.8. The van der Waals surface area contributed by atoms with E-state index in [1.165, 1.54) is 12.1 Å². The van der Waals surface area contributed by atoms with E-state index in [0.29, 0.717) is 5.56 Å². The fourth-order valence-electron chi connectivity index (χ4n) is 1.29. The molecule has 2 N–H and O–H groups in total. The molecule has 90 valence electrons. The van der Waals surface area contributed by atoms with E-state index in [2.05, 4.69) is 0 Å². The van der Waals surface area contributed by atoms with E-state index in [0.717, 1.165) is 18.0 Å². The third-order valence-corrected chi connectivity index (χ3v) is 4.03. The molecule has 16 heavy (non-hydrogen) atoms. The smallest absolute Gasteiger partial charge is 0.176 e. The van der Waals surface area contributed by atoms with Gasteiger partial charge in [-0.3, -0.25) is 0 Å². The van der Waals surface area contributed by atoms with Crippen molar-refractivity contribution < 1.29 is 18.0 Å². The number of nitrogens with one attached hydrogen (secondary N) is 1. The molecule has 0 aromatic heterocycles. The average molecular weight is 265 g/mol. The summed E-state index contributed by atoms with van der Waals surface area (Å²) in [7, 11) is -3.48. The molecule has 1 rings (SSSR count). The van der Waals surface area contributed by atoms with Gasteiger partial charge in [-0.05, 0) is 24.0 Å². The van der Waals surface area contributed by atoms with Crippen LogP contribution >= 0.6 is 11.8 Å². The van der Waals surface area contributed by atoms with Crippen molar-refractivity contribution in [2.75, 3.05) is 12.5 Å². The third-order valence-electron chi connectivity index (χ3n) is 1.96. The number of hydroxylamine groups is 1. The molecule has 0 unspecified atom stereocenters. The molecule has 0 heterocycles. The first-order valence-corrected chi connectivity index (χ1v) is 7.45. The Balaban J connectivity index is 3.43. The van der Waals surface area contributed by atoms with Crippen LogP contribution in [-0.4, -0.2) is 26.1 Å². The summed E-state index contributed by atoms with van der Waals surface area (Å²) < 4.78 is 36.5. The number of hydrogen-bond acceptors (Lipinski definition) is 5. The van der Waals surface area contributed by atoms with Gasteiger partial charge in [-0.1, -0.05) is 0 Å². The maximum absolute atomic E-state index is 13.6. The Morgan fingerprint density at radius 1 is 1.50 bits per heavy atom. The van der Waals surface area contributed by atoms with Gasteiger partial charge in [0.1, 0.15) is 5.82 Å². The molecule has 7 heteroatoms. The topological polar surface area (TPSA) is 66.4 Å². The summed E-state index contributed by atoms with van der Waals surface area (Å²) in [5, 5.41) is 8.50. The summed E-state index contributed by atoms with van der Waals surface area (Å²) in [6, 6.07) is 2.55. The van der Waals surface area contributed by atoms with Crippen molar-refractivity contribution in [3.8, 4) is 0 Å². The van der Waals surface area contributed by atoms with Crippen molar-refractivity contribution in [1.82, 2.24) is 5.48 Å². The Bertz CT molecular complexity index is 488. The minimum Gasteiger partial charge on any atom is -0.316 e. The van der Waals surface area contributed by atoms with Crippen molar-refractivity contribution in [3.05, 3.63) is 23.5 Å². The molecule has 0 spiro atoms. The van der Waals surface area contributed by atoms with Crippen LogP contribution in [0.15, 0.2) is 21.9 Å². The van der Waals surface area contributed by atoms with E-state index >= 15 is 0 Å². The zero-order valence-electron chi connectivity index (χ0n) is 8.82. The molecule has 1 aromatic rings. The first kappa shape index (κ1) is 13.4. The molecular weight excluding hydrogens is 253 g/mol. The summed E-state index contributed by atoms with van der Waals surface area (Å²) in [5.41, 5.74) is 2.23. The lowest BCUT2D eigenvalue weighted by Crippen LogP contribution is -2.09. The fourth-order valence-corrected chi connectivity index (χ4v) is 3.31. The van der Waals surface area contributed by atoms with Gasteiger partial charge in [0.15, 0.2) is 9.84 Å². The standard InChI is InChI=1S/C9H12FNO3S2/c1-15-9-7(10)3-6(5-11-12)4-8(9)16(2,13)14/h3-4,11-12H,5H2,1-2H3. The summed E-state index contributed by atoms with van der Waals surface area (Å²) in [5.74, 6) is -0.597. The molecular formula is C9H12FNO3S2. The van der Waals surface area contributed by atoms with E-state index < -0.39 is 15.7 Å². The van der Waals surface area contributed by atoms with E-state index in [9.17, 15) is 12.8 Å².